The average molecular weight is 493 g/mol. The van der Waals surface area contributed by atoms with Crippen LogP contribution in [0.2, 0.25) is 0 Å². The summed E-state index contributed by atoms with van der Waals surface area (Å²) in [7, 11) is 3.47. The Bertz CT molecular complexity index is 1250. The minimum Gasteiger partial charge on any atom is -0.506 e. The molecule has 0 unspecified atom stereocenters. The fourth-order valence-corrected chi connectivity index (χ4v) is 4.05. The number of aromatic hydroxyl groups is 1. The number of likely N-dealkylation sites (tertiary alicyclic amines) is 1. The van der Waals surface area contributed by atoms with E-state index in [2.05, 4.69) is 11.9 Å². The maximum atomic E-state index is 14.8. The van der Waals surface area contributed by atoms with Gasteiger partial charge >= 0.3 is 0 Å². The van der Waals surface area contributed by atoms with Gasteiger partial charge in [0.15, 0.2) is 5.57 Å². The van der Waals surface area contributed by atoms with Gasteiger partial charge in [-0.3, -0.25) is 4.79 Å². The van der Waals surface area contributed by atoms with Gasteiger partial charge < -0.3 is 24.7 Å². The van der Waals surface area contributed by atoms with Crippen LogP contribution in [0.5, 0.6) is 11.5 Å². The number of aliphatic hydroxyl groups is 1. The molecule has 1 aliphatic heterocycles. The minimum atomic E-state index is -0.818. The number of hydrogen-bond acceptors (Lipinski definition) is 7. The van der Waals surface area contributed by atoms with E-state index in [9.17, 15) is 24.7 Å². The Hall–Kier alpha value is -4.08. The van der Waals surface area contributed by atoms with E-state index in [1.807, 2.05) is 0 Å². The van der Waals surface area contributed by atoms with Crippen LogP contribution in [0.25, 0.3) is 5.76 Å². The molecular formula is C27H29FN4O4. The molecule has 36 heavy (non-hydrogen) atoms. The lowest BCUT2D eigenvalue weighted by atomic mass is 9.98. The number of hydrogen-bond donors (Lipinski definition) is 2. The van der Waals surface area contributed by atoms with E-state index < -0.39 is 23.1 Å². The van der Waals surface area contributed by atoms with E-state index >= 15 is 0 Å². The number of benzene rings is 2. The minimum absolute atomic E-state index is 0.0393. The number of aryl methyl sites for hydroxylation is 1. The summed E-state index contributed by atoms with van der Waals surface area (Å²) in [5, 5.41) is 39.2. The number of piperidine rings is 1. The summed E-state index contributed by atoms with van der Waals surface area (Å²) < 4.78 is 20.5. The van der Waals surface area contributed by atoms with Gasteiger partial charge in [-0.05, 0) is 69.6 Å². The first kappa shape index (κ1) is 26.5. The molecule has 1 amide bonds. The molecule has 0 aromatic heterocycles. The zero-order valence-corrected chi connectivity index (χ0v) is 20.6. The van der Waals surface area contributed by atoms with Gasteiger partial charge in [0.2, 0.25) is 0 Å². The van der Waals surface area contributed by atoms with Gasteiger partial charge in [0.1, 0.15) is 35.2 Å². The molecule has 0 spiro atoms. The number of phenolic OH excluding ortho intramolecular Hbond substituents is 1. The first-order chi connectivity index (χ1) is 17.1. The van der Waals surface area contributed by atoms with E-state index in [0.717, 1.165) is 30.8 Å². The Labute approximate surface area is 210 Å². The number of carbonyl (C=O) groups is 1. The van der Waals surface area contributed by atoms with Crippen molar-refractivity contribution in [3.8, 4) is 23.6 Å². The fourth-order valence-electron chi connectivity index (χ4n) is 4.05. The Kier molecular flexibility index (Phi) is 8.52. The number of carbonyl (C=O) groups excluding carboxylic acids is 1. The zero-order chi connectivity index (χ0) is 26.4. The van der Waals surface area contributed by atoms with E-state index in [1.165, 1.54) is 38.2 Å². The summed E-state index contributed by atoms with van der Waals surface area (Å²) in [5.74, 6) is -1.40. The molecule has 2 N–H and O–H groups in total. The predicted molar refractivity (Wildman–Crippen MR) is 131 cm³/mol. The number of amides is 1. The van der Waals surface area contributed by atoms with Crippen LogP contribution in [0.4, 0.5) is 4.39 Å². The Balaban J connectivity index is 1.71. The van der Waals surface area contributed by atoms with Crippen LogP contribution in [0, 0.1) is 41.3 Å². The number of ether oxygens (including phenoxy) is 1. The van der Waals surface area contributed by atoms with Gasteiger partial charge in [-0.25, -0.2) is 4.39 Å². The molecule has 3 rings (SSSR count). The van der Waals surface area contributed by atoms with Gasteiger partial charge in [0.05, 0.1) is 12.2 Å². The molecule has 0 saturated carbocycles. The van der Waals surface area contributed by atoms with Crippen LogP contribution in [0.1, 0.15) is 35.1 Å². The molecule has 188 valence electrons. The Morgan fingerprint density at radius 2 is 1.94 bits per heavy atom. The highest BCUT2D eigenvalue weighted by Gasteiger charge is 2.23. The van der Waals surface area contributed by atoms with Crippen molar-refractivity contribution in [2.45, 2.75) is 26.3 Å². The van der Waals surface area contributed by atoms with Crippen LogP contribution in [0.3, 0.4) is 0 Å². The lowest BCUT2D eigenvalue weighted by Crippen LogP contribution is -2.32. The molecule has 0 atom stereocenters. The largest absolute Gasteiger partial charge is 0.506 e. The maximum absolute atomic E-state index is 14.8. The summed E-state index contributed by atoms with van der Waals surface area (Å²) in [6, 6.07) is 10.5. The number of nitrogens with zero attached hydrogens (tertiary/aromatic N) is 4. The Morgan fingerprint density at radius 3 is 2.56 bits per heavy atom. The predicted octanol–water partition coefficient (Wildman–Crippen LogP) is 3.88. The normalized spacial score (nSPS) is 14.9. The van der Waals surface area contributed by atoms with E-state index in [1.54, 1.807) is 18.2 Å². The molecule has 1 fully saturated rings. The van der Waals surface area contributed by atoms with Crippen molar-refractivity contribution >= 4 is 11.7 Å². The van der Waals surface area contributed by atoms with Crippen molar-refractivity contribution in [1.29, 1.82) is 10.5 Å². The molecule has 9 heteroatoms. The number of phenols is 1. The van der Waals surface area contributed by atoms with Crippen molar-refractivity contribution in [2.75, 3.05) is 33.8 Å². The molecule has 1 saturated heterocycles. The monoisotopic (exact) mass is 492 g/mol. The van der Waals surface area contributed by atoms with Gasteiger partial charge in [0, 0.05) is 30.8 Å². The van der Waals surface area contributed by atoms with Gasteiger partial charge in [-0.15, -0.1) is 0 Å². The lowest BCUT2D eigenvalue weighted by Gasteiger charge is -2.28. The highest BCUT2D eigenvalue weighted by Crippen LogP contribution is 2.28. The molecule has 2 aromatic rings. The van der Waals surface area contributed by atoms with Crippen molar-refractivity contribution in [3.05, 3.63) is 64.0 Å². The molecule has 0 bridgehead atoms. The molecule has 0 aliphatic carbocycles. The SMILES string of the molecule is Cc1cc(/C(O)=C(\C#N)C(=O)N(C)Cc2ccc(OCC3CCN(C)CC3)cc2F)cc(C#N)c1O. The zero-order valence-electron chi connectivity index (χ0n) is 20.6. The second kappa shape index (κ2) is 11.6. The first-order valence-electron chi connectivity index (χ1n) is 11.6. The lowest BCUT2D eigenvalue weighted by molar-refractivity contribution is -0.126. The van der Waals surface area contributed by atoms with Crippen molar-refractivity contribution in [2.24, 2.45) is 5.92 Å². The van der Waals surface area contributed by atoms with Crippen molar-refractivity contribution < 1.29 is 24.1 Å². The topological polar surface area (TPSA) is 121 Å². The summed E-state index contributed by atoms with van der Waals surface area (Å²) in [6.07, 6.45) is 2.07. The van der Waals surface area contributed by atoms with Crippen molar-refractivity contribution in [3.63, 3.8) is 0 Å². The molecule has 2 aromatic carbocycles. The molecule has 0 radical (unpaired) electrons. The van der Waals surface area contributed by atoms with Crippen LogP contribution in [-0.2, 0) is 11.3 Å². The number of rotatable bonds is 7. The summed E-state index contributed by atoms with van der Waals surface area (Å²) >= 11 is 0. The maximum Gasteiger partial charge on any atom is 0.268 e. The van der Waals surface area contributed by atoms with E-state index in [4.69, 9.17) is 10.00 Å². The van der Waals surface area contributed by atoms with Gasteiger partial charge in [-0.2, -0.15) is 10.5 Å². The summed E-state index contributed by atoms with van der Waals surface area (Å²) in [6.45, 7) is 3.93. The Morgan fingerprint density at radius 1 is 1.25 bits per heavy atom. The quantitative estimate of drug-likeness (QED) is 0.342. The average Bonchev–Trinajstić information content (AvgIpc) is 2.86. The fraction of sp³-hybridized carbons (Fsp3) is 0.370. The molecule has 8 nitrogen and oxygen atoms in total. The smallest absolute Gasteiger partial charge is 0.268 e. The number of halogens is 1. The van der Waals surface area contributed by atoms with E-state index in [-0.39, 0.29) is 29.0 Å². The van der Waals surface area contributed by atoms with Crippen LogP contribution in [0.15, 0.2) is 35.9 Å². The highest BCUT2D eigenvalue weighted by molar-refractivity contribution is 6.03. The summed E-state index contributed by atoms with van der Waals surface area (Å²) in [5.41, 5.74) is -0.104. The van der Waals surface area contributed by atoms with Crippen LogP contribution < -0.4 is 4.74 Å². The number of nitriles is 2. The number of aliphatic hydroxyl groups excluding tert-OH is 1. The second-order valence-electron chi connectivity index (χ2n) is 9.11. The van der Waals surface area contributed by atoms with Crippen LogP contribution >= 0.6 is 0 Å². The summed E-state index contributed by atoms with van der Waals surface area (Å²) in [4.78, 5) is 16.3. The third-order valence-electron chi connectivity index (χ3n) is 6.36. The standard InChI is InChI=1S/C27H29FN4O4/c1-17-10-20(11-21(13-29)25(17)33)26(34)23(14-30)27(35)32(3)15-19-4-5-22(12-24(19)28)36-16-18-6-8-31(2)9-7-18/h4-5,10-12,18,33-34H,6-9,15-16H2,1-3H3/b26-23-. The van der Waals surface area contributed by atoms with E-state index in [0.29, 0.717) is 23.8 Å². The molecule has 1 heterocycles. The third kappa shape index (κ3) is 6.12. The number of likely N-dealkylation sites (N-methyl/N-ethyl adjacent to an activating group) is 1. The molecule has 1 aliphatic rings. The van der Waals surface area contributed by atoms with Crippen molar-refractivity contribution in [1.82, 2.24) is 9.80 Å². The first-order valence-corrected chi connectivity index (χ1v) is 11.6. The third-order valence-corrected chi connectivity index (χ3v) is 6.36. The van der Waals surface area contributed by atoms with Crippen LogP contribution in [-0.4, -0.2) is 59.7 Å². The van der Waals surface area contributed by atoms with Gasteiger partial charge in [-0.1, -0.05) is 6.07 Å². The second-order valence-corrected chi connectivity index (χ2v) is 9.11. The van der Waals surface area contributed by atoms with Gasteiger partial charge in [0.25, 0.3) is 5.91 Å². The highest BCUT2D eigenvalue weighted by atomic mass is 19.1. The molecular weight excluding hydrogens is 463 g/mol.